The molecule has 0 aliphatic heterocycles. The second-order valence-electron chi connectivity index (χ2n) is 4.56. The second kappa shape index (κ2) is 14.1. The summed E-state index contributed by atoms with van der Waals surface area (Å²) in [6, 6.07) is 9.31. The first-order valence-electron chi connectivity index (χ1n) is 7.98. The van der Waals surface area contributed by atoms with E-state index in [1.165, 1.54) is 0 Å². The van der Waals surface area contributed by atoms with Crippen molar-refractivity contribution >= 4 is 11.9 Å². The molecule has 0 amide bonds. The summed E-state index contributed by atoms with van der Waals surface area (Å²) in [7, 11) is 0. The molecule has 1 rings (SSSR count). The standard InChI is InChI=1S/C10H12O2.C6H12O2.C2H6/c1-2-9(10(11)12)8-6-4-3-5-7-8;1-3-5(4-2)6(7)8;1-2/h3-7,9H,2H2,1H3,(H,11,12);5H,3-4H2,1-2H3,(H,7,8);1-2H3. The fourth-order valence-corrected chi connectivity index (χ4v) is 1.88. The number of carboxylic acid groups (broad SMARTS) is 2. The van der Waals surface area contributed by atoms with Crippen LogP contribution in [0, 0.1) is 5.92 Å². The third-order valence-electron chi connectivity index (χ3n) is 3.24. The number of rotatable bonds is 6. The quantitative estimate of drug-likeness (QED) is 0.791. The van der Waals surface area contributed by atoms with Crippen molar-refractivity contribution in [2.45, 2.75) is 59.8 Å². The van der Waals surface area contributed by atoms with Crippen molar-refractivity contribution in [2.24, 2.45) is 5.92 Å². The van der Waals surface area contributed by atoms with Gasteiger partial charge in [0.05, 0.1) is 11.8 Å². The van der Waals surface area contributed by atoms with Gasteiger partial charge in [0.2, 0.25) is 0 Å². The van der Waals surface area contributed by atoms with E-state index in [4.69, 9.17) is 10.2 Å². The van der Waals surface area contributed by atoms with Gasteiger partial charge in [-0.3, -0.25) is 9.59 Å². The molecule has 1 atom stereocenters. The summed E-state index contributed by atoms with van der Waals surface area (Å²) in [5, 5.41) is 17.2. The highest BCUT2D eigenvalue weighted by Gasteiger charge is 2.16. The van der Waals surface area contributed by atoms with Crippen LogP contribution in [0.15, 0.2) is 30.3 Å². The van der Waals surface area contributed by atoms with E-state index in [1.807, 2.05) is 65.0 Å². The zero-order chi connectivity index (χ0) is 17.5. The molecule has 0 saturated heterocycles. The first-order chi connectivity index (χ1) is 10.5. The average Bonchev–Trinajstić information content (AvgIpc) is 2.52. The van der Waals surface area contributed by atoms with Crippen LogP contribution in [-0.4, -0.2) is 22.2 Å². The second-order valence-corrected chi connectivity index (χ2v) is 4.56. The van der Waals surface area contributed by atoms with Crippen LogP contribution in [0.2, 0.25) is 0 Å². The lowest BCUT2D eigenvalue weighted by Crippen LogP contribution is -2.10. The fourth-order valence-electron chi connectivity index (χ4n) is 1.88. The summed E-state index contributed by atoms with van der Waals surface area (Å²) < 4.78 is 0. The molecule has 4 heteroatoms. The molecule has 126 valence electrons. The molecule has 1 aromatic carbocycles. The molecule has 0 radical (unpaired) electrons. The third-order valence-corrected chi connectivity index (χ3v) is 3.24. The van der Waals surface area contributed by atoms with Crippen molar-refractivity contribution in [1.29, 1.82) is 0 Å². The maximum Gasteiger partial charge on any atom is 0.310 e. The maximum absolute atomic E-state index is 10.7. The van der Waals surface area contributed by atoms with Gasteiger partial charge in [-0.05, 0) is 24.8 Å². The van der Waals surface area contributed by atoms with Crippen molar-refractivity contribution in [3.05, 3.63) is 35.9 Å². The van der Waals surface area contributed by atoms with Gasteiger partial charge in [0.25, 0.3) is 0 Å². The number of aliphatic carboxylic acids is 2. The van der Waals surface area contributed by atoms with E-state index in [9.17, 15) is 9.59 Å². The van der Waals surface area contributed by atoms with E-state index in [0.717, 1.165) is 18.4 Å². The van der Waals surface area contributed by atoms with Crippen molar-refractivity contribution < 1.29 is 19.8 Å². The smallest absolute Gasteiger partial charge is 0.310 e. The molecule has 0 aromatic heterocycles. The molecule has 0 heterocycles. The molecular formula is C18H30O4. The molecule has 1 unspecified atom stereocenters. The highest BCUT2D eigenvalue weighted by atomic mass is 16.4. The van der Waals surface area contributed by atoms with Crippen LogP contribution in [0.4, 0.5) is 0 Å². The van der Waals surface area contributed by atoms with E-state index >= 15 is 0 Å². The average molecular weight is 310 g/mol. The number of carboxylic acids is 2. The molecule has 0 aliphatic rings. The Morgan fingerprint density at radius 1 is 0.864 bits per heavy atom. The highest BCUT2D eigenvalue weighted by molar-refractivity contribution is 5.75. The van der Waals surface area contributed by atoms with Crippen molar-refractivity contribution in [3.63, 3.8) is 0 Å². The van der Waals surface area contributed by atoms with Gasteiger partial charge in [0.1, 0.15) is 0 Å². The Kier molecular flexibility index (Phi) is 14.4. The largest absolute Gasteiger partial charge is 0.481 e. The molecule has 1 aromatic rings. The van der Waals surface area contributed by atoms with Crippen LogP contribution in [0.3, 0.4) is 0 Å². The van der Waals surface area contributed by atoms with Gasteiger partial charge in [-0.1, -0.05) is 65.0 Å². The van der Waals surface area contributed by atoms with Crippen molar-refractivity contribution in [2.75, 3.05) is 0 Å². The summed E-state index contributed by atoms with van der Waals surface area (Å²) in [4.78, 5) is 20.9. The zero-order valence-corrected chi connectivity index (χ0v) is 14.4. The number of hydrogen-bond donors (Lipinski definition) is 2. The van der Waals surface area contributed by atoms with E-state index in [1.54, 1.807) is 0 Å². The lowest BCUT2D eigenvalue weighted by atomic mass is 9.97. The Morgan fingerprint density at radius 3 is 1.55 bits per heavy atom. The SMILES string of the molecule is CC.CCC(C(=O)O)c1ccccc1.CCC(CC)C(=O)O. The summed E-state index contributed by atoms with van der Waals surface area (Å²) >= 11 is 0. The van der Waals surface area contributed by atoms with Crippen LogP contribution < -0.4 is 0 Å². The van der Waals surface area contributed by atoms with Gasteiger partial charge >= 0.3 is 11.9 Å². The highest BCUT2D eigenvalue weighted by Crippen LogP contribution is 2.18. The summed E-state index contributed by atoms with van der Waals surface area (Å²) in [6.07, 6.45) is 2.12. The van der Waals surface area contributed by atoms with E-state index in [0.29, 0.717) is 6.42 Å². The van der Waals surface area contributed by atoms with Gasteiger partial charge < -0.3 is 10.2 Å². The van der Waals surface area contributed by atoms with Crippen LogP contribution in [0.1, 0.15) is 65.4 Å². The Balaban J connectivity index is 0. The molecule has 22 heavy (non-hydrogen) atoms. The molecule has 0 fully saturated rings. The number of hydrogen-bond acceptors (Lipinski definition) is 2. The summed E-state index contributed by atoms with van der Waals surface area (Å²) in [5.41, 5.74) is 0.882. The van der Waals surface area contributed by atoms with E-state index < -0.39 is 11.9 Å². The number of benzene rings is 1. The molecule has 4 nitrogen and oxygen atoms in total. The Morgan fingerprint density at radius 2 is 1.32 bits per heavy atom. The lowest BCUT2D eigenvalue weighted by molar-refractivity contribution is -0.142. The van der Waals surface area contributed by atoms with E-state index in [-0.39, 0.29) is 11.8 Å². The molecule has 0 saturated carbocycles. The molecule has 0 spiro atoms. The first kappa shape index (κ1) is 22.4. The Labute approximate surface area is 134 Å². The lowest BCUT2D eigenvalue weighted by Gasteiger charge is -2.08. The van der Waals surface area contributed by atoms with Gasteiger partial charge in [0.15, 0.2) is 0 Å². The fraction of sp³-hybridized carbons (Fsp3) is 0.556. The van der Waals surface area contributed by atoms with Gasteiger partial charge in [-0.15, -0.1) is 0 Å². The van der Waals surface area contributed by atoms with Gasteiger partial charge in [0, 0.05) is 0 Å². The van der Waals surface area contributed by atoms with Gasteiger partial charge in [-0.2, -0.15) is 0 Å². The minimum absolute atomic E-state index is 0.130. The monoisotopic (exact) mass is 310 g/mol. The van der Waals surface area contributed by atoms with Crippen LogP contribution >= 0.6 is 0 Å². The first-order valence-corrected chi connectivity index (χ1v) is 7.98. The summed E-state index contributed by atoms with van der Waals surface area (Å²) in [6.45, 7) is 9.66. The topological polar surface area (TPSA) is 74.6 Å². The number of carbonyl (C=O) groups is 2. The van der Waals surface area contributed by atoms with Crippen LogP contribution in [0.25, 0.3) is 0 Å². The van der Waals surface area contributed by atoms with Crippen LogP contribution in [-0.2, 0) is 9.59 Å². The van der Waals surface area contributed by atoms with E-state index in [2.05, 4.69) is 0 Å². The predicted octanol–water partition coefficient (Wildman–Crippen LogP) is 4.80. The minimum atomic E-state index is -0.747. The molecule has 0 aliphatic carbocycles. The maximum atomic E-state index is 10.7. The third kappa shape index (κ3) is 9.16. The normalized spacial score (nSPS) is 10.6. The Hall–Kier alpha value is -1.84. The van der Waals surface area contributed by atoms with Crippen molar-refractivity contribution in [1.82, 2.24) is 0 Å². The summed E-state index contributed by atoms with van der Waals surface area (Å²) in [5.74, 6) is -1.90. The minimum Gasteiger partial charge on any atom is -0.481 e. The predicted molar refractivity (Wildman–Crippen MR) is 90.2 cm³/mol. The van der Waals surface area contributed by atoms with Crippen molar-refractivity contribution in [3.8, 4) is 0 Å². The van der Waals surface area contributed by atoms with Crippen LogP contribution in [0.5, 0.6) is 0 Å². The molecular weight excluding hydrogens is 280 g/mol. The molecule has 2 N–H and O–H groups in total. The molecule has 0 bridgehead atoms. The zero-order valence-electron chi connectivity index (χ0n) is 14.4. The van der Waals surface area contributed by atoms with Gasteiger partial charge in [-0.25, -0.2) is 0 Å². The Bertz CT molecular complexity index is 397.